The van der Waals surface area contributed by atoms with Crippen LogP contribution in [0.1, 0.15) is 24.1 Å². The van der Waals surface area contributed by atoms with Crippen molar-refractivity contribution in [3.05, 3.63) is 59.7 Å². The predicted molar refractivity (Wildman–Crippen MR) is 143 cm³/mol. The number of piperidine rings is 1. The Bertz CT molecular complexity index is 1470. The van der Waals surface area contributed by atoms with Crippen LogP contribution in [0.25, 0.3) is 10.8 Å². The number of nitrogens with one attached hydrogen (secondary N) is 3. The van der Waals surface area contributed by atoms with Crippen LogP contribution in [0.3, 0.4) is 0 Å². The van der Waals surface area contributed by atoms with Crippen molar-refractivity contribution in [1.82, 2.24) is 19.3 Å². The van der Waals surface area contributed by atoms with Crippen LogP contribution >= 0.6 is 0 Å². The van der Waals surface area contributed by atoms with Crippen molar-refractivity contribution >= 4 is 44.4 Å². The zero-order chi connectivity index (χ0) is 26.6. The molecule has 0 aliphatic carbocycles. The summed E-state index contributed by atoms with van der Waals surface area (Å²) < 4.78 is 31.4. The predicted octanol–water partition coefficient (Wildman–Crippen LogP) is 1.88. The minimum Gasteiger partial charge on any atom is -0.474 e. The second-order valence-corrected chi connectivity index (χ2v) is 10.6. The number of allylic oxidation sites excluding steroid dienone is 1. The Hall–Kier alpha value is -4.10. The maximum absolute atomic E-state index is 11.8. The first-order valence-corrected chi connectivity index (χ1v) is 13.4. The molecule has 1 aromatic carbocycles. The van der Waals surface area contributed by atoms with E-state index in [1.807, 2.05) is 30.3 Å². The summed E-state index contributed by atoms with van der Waals surface area (Å²) in [6.07, 6.45) is 5.61. The molecule has 1 fully saturated rings. The van der Waals surface area contributed by atoms with Gasteiger partial charge in [-0.3, -0.25) is 5.41 Å². The minimum absolute atomic E-state index is 0.0750. The summed E-state index contributed by atoms with van der Waals surface area (Å²) >= 11 is 0. The molecular formula is C24H29N9O3S. The van der Waals surface area contributed by atoms with Crippen LogP contribution in [0.15, 0.2) is 48.4 Å². The van der Waals surface area contributed by atoms with Gasteiger partial charge < -0.3 is 26.9 Å². The van der Waals surface area contributed by atoms with E-state index < -0.39 is 10.0 Å². The highest BCUT2D eigenvalue weighted by molar-refractivity contribution is 7.88. The molecule has 2 aromatic heterocycles. The number of rotatable bonds is 9. The molecule has 7 N–H and O–H groups in total. The van der Waals surface area contributed by atoms with E-state index in [0.717, 1.165) is 23.2 Å². The number of nitrogens with zero attached hydrogens (tertiary/aromatic N) is 4. The molecule has 0 saturated carbocycles. The van der Waals surface area contributed by atoms with E-state index in [-0.39, 0.29) is 35.3 Å². The summed E-state index contributed by atoms with van der Waals surface area (Å²) in [5.41, 5.74) is 12.6. The van der Waals surface area contributed by atoms with Crippen LogP contribution in [0.5, 0.6) is 5.88 Å². The molecule has 37 heavy (non-hydrogen) atoms. The maximum atomic E-state index is 11.8. The lowest BCUT2D eigenvalue weighted by molar-refractivity contribution is 0.132. The number of aromatic nitrogens is 3. The molecule has 0 spiro atoms. The standard InChI is InChI=1S/C24H29N9O3S/c1-37(34,35)33-8-6-18(7-9-33)36-24-19-5-3-2-4-15(19)10-17(32-24)13-29-23-20(22(28)30-14-31-23)21(27)16(11-25)12-26/h2-5,10-12,14,18,25,27H,6-9,13,26H2,1H3,(H3,28,29,30,31)/b16-12+,25-11?,27-21?. The van der Waals surface area contributed by atoms with Crippen LogP contribution in [0.4, 0.5) is 11.6 Å². The molecule has 0 unspecified atom stereocenters. The highest BCUT2D eigenvalue weighted by Gasteiger charge is 2.27. The third-order valence-corrected chi connectivity index (χ3v) is 7.40. The molecule has 0 radical (unpaired) electrons. The monoisotopic (exact) mass is 523 g/mol. The van der Waals surface area contributed by atoms with Gasteiger partial charge in [0, 0.05) is 36.5 Å². The molecule has 4 rings (SSSR count). The molecule has 1 aliphatic heterocycles. The van der Waals surface area contributed by atoms with Crippen molar-refractivity contribution in [2.24, 2.45) is 5.73 Å². The van der Waals surface area contributed by atoms with Gasteiger partial charge in [-0.05, 0) is 30.4 Å². The number of benzene rings is 1. The largest absolute Gasteiger partial charge is 0.474 e. The van der Waals surface area contributed by atoms with Gasteiger partial charge >= 0.3 is 0 Å². The van der Waals surface area contributed by atoms with Gasteiger partial charge in [-0.15, -0.1) is 0 Å². The third-order valence-electron chi connectivity index (χ3n) is 6.09. The van der Waals surface area contributed by atoms with Crippen LogP contribution in [0.2, 0.25) is 0 Å². The normalized spacial score (nSPS) is 15.4. The van der Waals surface area contributed by atoms with Gasteiger partial charge in [0.1, 0.15) is 24.1 Å². The van der Waals surface area contributed by atoms with Gasteiger partial charge in [-0.2, -0.15) is 0 Å². The SMILES string of the molecule is CS(=O)(=O)N1CCC(Oc2nc(CNc3ncnc(N)c3C(=N)/C(C=N)=C/N)cc3ccccc23)CC1. The average molecular weight is 524 g/mol. The summed E-state index contributed by atoms with van der Waals surface area (Å²) in [6.45, 7) is 1.06. The minimum atomic E-state index is -3.22. The molecule has 0 amide bonds. The summed E-state index contributed by atoms with van der Waals surface area (Å²) in [5.74, 6) is 0.865. The summed E-state index contributed by atoms with van der Waals surface area (Å²) in [6, 6.07) is 9.67. The molecule has 0 atom stereocenters. The molecule has 12 nitrogen and oxygen atoms in total. The van der Waals surface area contributed by atoms with Crippen molar-refractivity contribution in [1.29, 1.82) is 10.8 Å². The molecule has 194 valence electrons. The van der Waals surface area contributed by atoms with E-state index in [1.54, 1.807) is 0 Å². The number of pyridine rings is 1. The number of nitrogens with two attached hydrogens (primary N) is 2. The zero-order valence-corrected chi connectivity index (χ0v) is 21.1. The smallest absolute Gasteiger partial charge is 0.221 e. The number of hydrogen-bond acceptors (Lipinski definition) is 11. The van der Waals surface area contributed by atoms with Gasteiger partial charge in [-0.25, -0.2) is 27.7 Å². The quantitative estimate of drug-likeness (QED) is 0.260. The lowest BCUT2D eigenvalue weighted by atomic mass is 10.0. The fourth-order valence-corrected chi connectivity index (χ4v) is 5.02. The number of ether oxygens (including phenoxy) is 1. The van der Waals surface area contributed by atoms with E-state index in [9.17, 15) is 8.42 Å². The van der Waals surface area contributed by atoms with Gasteiger partial charge in [0.25, 0.3) is 0 Å². The fraction of sp³-hybridized carbons (Fsp3) is 0.292. The lowest BCUT2D eigenvalue weighted by Crippen LogP contribution is -2.41. The first-order valence-electron chi connectivity index (χ1n) is 11.6. The summed E-state index contributed by atoms with van der Waals surface area (Å²) in [4.78, 5) is 12.9. The van der Waals surface area contributed by atoms with E-state index in [0.29, 0.717) is 43.3 Å². The Labute approximate surface area is 214 Å². The first kappa shape index (κ1) is 26.0. The molecule has 0 bridgehead atoms. The third kappa shape index (κ3) is 5.84. The molecule has 3 heterocycles. The second kappa shape index (κ2) is 10.9. The van der Waals surface area contributed by atoms with Gasteiger partial charge in [-0.1, -0.05) is 18.2 Å². The Morgan fingerprint density at radius 1 is 1.27 bits per heavy atom. The van der Waals surface area contributed by atoms with E-state index in [4.69, 9.17) is 32.0 Å². The molecular weight excluding hydrogens is 494 g/mol. The maximum Gasteiger partial charge on any atom is 0.221 e. The van der Waals surface area contributed by atoms with Gasteiger partial charge in [0.15, 0.2) is 0 Å². The molecule has 1 aliphatic rings. The molecule has 13 heteroatoms. The van der Waals surface area contributed by atoms with Crippen LogP contribution < -0.4 is 21.5 Å². The fourth-order valence-electron chi connectivity index (χ4n) is 4.14. The van der Waals surface area contributed by atoms with Crippen molar-refractivity contribution in [3.8, 4) is 5.88 Å². The van der Waals surface area contributed by atoms with Crippen molar-refractivity contribution in [2.45, 2.75) is 25.5 Å². The Morgan fingerprint density at radius 3 is 2.68 bits per heavy atom. The van der Waals surface area contributed by atoms with Gasteiger partial charge in [0.2, 0.25) is 15.9 Å². The Balaban J connectivity index is 1.58. The molecule has 1 saturated heterocycles. The summed E-state index contributed by atoms with van der Waals surface area (Å²) in [7, 11) is -3.22. The average Bonchev–Trinajstić information content (AvgIpc) is 2.88. The van der Waals surface area contributed by atoms with Gasteiger partial charge in [0.05, 0.1) is 29.8 Å². The number of sulfonamides is 1. The number of fused-ring (bicyclic) bond motifs is 1. The second-order valence-electron chi connectivity index (χ2n) is 8.60. The highest BCUT2D eigenvalue weighted by Crippen LogP contribution is 2.28. The van der Waals surface area contributed by atoms with Crippen LogP contribution in [-0.4, -0.2) is 65.1 Å². The number of hydrogen-bond donors (Lipinski definition) is 5. The summed E-state index contributed by atoms with van der Waals surface area (Å²) in [5, 5.41) is 20.9. The zero-order valence-electron chi connectivity index (χ0n) is 20.3. The first-order chi connectivity index (χ1) is 17.7. The van der Waals surface area contributed by atoms with E-state index in [1.165, 1.54) is 16.9 Å². The highest BCUT2D eigenvalue weighted by atomic mass is 32.2. The Kier molecular flexibility index (Phi) is 7.64. The van der Waals surface area contributed by atoms with E-state index >= 15 is 0 Å². The van der Waals surface area contributed by atoms with Crippen molar-refractivity contribution in [3.63, 3.8) is 0 Å². The number of nitrogen functional groups attached to an aromatic ring is 1. The van der Waals surface area contributed by atoms with E-state index in [2.05, 4.69) is 15.3 Å². The van der Waals surface area contributed by atoms with Crippen LogP contribution in [0, 0.1) is 10.8 Å². The lowest BCUT2D eigenvalue weighted by Gasteiger charge is -2.30. The molecule has 3 aromatic rings. The van der Waals surface area contributed by atoms with Crippen LogP contribution in [-0.2, 0) is 16.6 Å². The van der Waals surface area contributed by atoms with Crippen molar-refractivity contribution in [2.75, 3.05) is 30.4 Å². The topological polar surface area (TPSA) is 197 Å². The van der Waals surface area contributed by atoms with Crippen molar-refractivity contribution < 1.29 is 13.2 Å². The number of anilines is 2. The Morgan fingerprint density at radius 2 is 2.00 bits per heavy atom.